The van der Waals surface area contributed by atoms with E-state index in [0.717, 1.165) is 43.9 Å². The molecule has 2 heterocycles. The molecule has 7 aliphatic carbocycles. The Bertz CT molecular complexity index is 2220. The maximum Gasteiger partial charge on any atom is 0.0626 e. The molecule has 0 spiro atoms. The van der Waals surface area contributed by atoms with Crippen molar-refractivity contribution < 1.29 is 0 Å². The van der Waals surface area contributed by atoms with E-state index in [0.29, 0.717) is 35.8 Å². The molecule has 2 heteroatoms. The first-order chi connectivity index (χ1) is 27.8. The molecule has 0 N–H and O–H groups in total. The molecule has 282 valence electrons. The van der Waals surface area contributed by atoms with Crippen molar-refractivity contribution in [2.45, 2.75) is 101 Å². The molecule has 2 aromatic rings. The van der Waals surface area contributed by atoms with E-state index < -0.39 is 0 Å². The molecule has 8 unspecified atom stereocenters. The highest BCUT2D eigenvalue weighted by atomic mass is 15.2. The summed E-state index contributed by atoms with van der Waals surface area (Å²) in [5.41, 5.74) is 14.8. The van der Waals surface area contributed by atoms with Gasteiger partial charge in [0.1, 0.15) is 0 Å². The van der Waals surface area contributed by atoms with Crippen LogP contribution in [-0.4, -0.2) is 12.1 Å². The van der Waals surface area contributed by atoms with Gasteiger partial charge in [-0.2, -0.15) is 0 Å². The Labute approximate surface area is 335 Å². The summed E-state index contributed by atoms with van der Waals surface area (Å²) in [4.78, 5) is 5.43. The third-order valence-corrected chi connectivity index (χ3v) is 14.9. The molecular weight excluding hydrogens is 677 g/mol. The summed E-state index contributed by atoms with van der Waals surface area (Å²) < 4.78 is 0. The van der Waals surface area contributed by atoms with Gasteiger partial charge in [0.25, 0.3) is 0 Å². The maximum absolute atomic E-state index is 2.73. The Morgan fingerprint density at radius 1 is 0.607 bits per heavy atom. The molecule has 0 saturated heterocycles. The van der Waals surface area contributed by atoms with E-state index in [2.05, 4.69) is 156 Å². The third kappa shape index (κ3) is 6.07. The first-order valence-corrected chi connectivity index (χ1v) is 22.1. The summed E-state index contributed by atoms with van der Waals surface area (Å²) in [6.07, 6.45) is 55.5. The monoisotopic (exact) mass is 732 g/mol. The van der Waals surface area contributed by atoms with Crippen molar-refractivity contribution in [1.82, 2.24) is 0 Å². The van der Waals surface area contributed by atoms with Crippen molar-refractivity contribution in [1.29, 1.82) is 0 Å². The van der Waals surface area contributed by atoms with Crippen LogP contribution in [0.1, 0.15) is 106 Å². The predicted octanol–water partition coefficient (Wildman–Crippen LogP) is 13.5. The normalized spacial score (nSPS) is 32.5. The fourth-order valence-electron chi connectivity index (χ4n) is 12.0. The lowest BCUT2D eigenvalue weighted by molar-refractivity contribution is 0.283. The average Bonchev–Trinajstić information content (AvgIpc) is 3.79. The maximum atomic E-state index is 2.73. The number of hydrogen-bond donors (Lipinski definition) is 0. The first kappa shape index (κ1) is 34.4. The van der Waals surface area contributed by atoms with Crippen LogP contribution in [0, 0.1) is 23.7 Å². The van der Waals surface area contributed by atoms with E-state index >= 15 is 0 Å². The van der Waals surface area contributed by atoms with Gasteiger partial charge in [0, 0.05) is 46.4 Å². The SMILES string of the molecule is C1=CCC(C2=CCCC(c3ccc(N4C5=C(C=CCC5)C5CC(c6ccc7c(c6)C6C=CC=CC6N7C6=CCC(C7CC=CCC7)CC6)C=CC54)cc3)=C2)C=C1. The van der Waals surface area contributed by atoms with Crippen LogP contribution >= 0.6 is 0 Å². The quantitative estimate of drug-likeness (QED) is 0.273. The molecule has 0 saturated carbocycles. The van der Waals surface area contributed by atoms with Crippen molar-refractivity contribution in [3.05, 3.63) is 185 Å². The summed E-state index contributed by atoms with van der Waals surface area (Å²) >= 11 is 0. The van der Waals surface area contributed by atoms with Gasteiger partial charge in [0.15, 0.2) is 0 Å². The van der Waals surface area contributed by atoms with Crippen LogP contribution in [0.4, 0.5) is 11.4 Å². The van der Waals surface area contributed by atoms with Gasteiger partial charge < -0.3 is 9.80 Å². The standard InChI is InChI=1S/C54H56N2/c1-3-12-37(13-4-1)39-22-28-45(29-23-39)55-51-20-9-7-18-47(51)49-35-43(26-32-53(49)55)44-27-33-54-50(36-44)48-19-8-10-21-52(48)56(54)46-30-24-40(25-31-46)42-17-11-16-41(34-42)38-14-5-2-6-15-38/h1-3,5-9,14,16,18-20,24-28,30-35,37-39,44,47,50-51,54H,4,10-13,15,17,21-23,29,36H2. The average molecular weight is 733 g/mol. The Morgan fingerprint density at radius 2 is 1.52 bits per heavy atom. The van der Waals surface area contributed by atoms with Gasteiger partial charge in [0.2, 0.25) is 0 Å². The summed E-state index contributed by atoms with van der Waals surface area (Å²) in [6.45, 7) is 0. The van der Waals surface area contributed by atoms with Crippen LogP contribution < -0.4 is 9.80 Å². The first-order valence-electron chi connectivity index (χ1n) is 22.1. The van der Waals surface area contributed by atoms with Gasteiger partial charge in [0.05, 0.1) is 12.1 Å². The molecular formula is C54H56N2. The summed E-state index contributed by atoms with van der Waals surface area (Å²) in [5.74, 6) is 3.60. The van der Waals surface area contributed by atoms with Crippen LogP contribution in [0.2, 0.25) is 0 Å². The highest BCUT2D eigenvalue weighted by Crippen LogP contribution is 2.52. The van der Waals surface area contributed by atoms with Crippen LogP contribution in [0.15, 0.2) is 168 Å². The van der Waals surface area contributed by atoms with Gasteiger partial charge in [-0.15, -0.1) is 0 Å². The van der Waals surface area contributed by atoms with Crippen molar-refractivity contribution in [3.63, 3.8) is 0 Å². The Kier molecular flexibility index (Phi) is 8.98. The van der Waals surface area contributed by atoms with E-state index in [-0.39, 0.29) is 0 Å². The molecule has 0 fully saturated rings. The lowest BCUT2D eigenvalue weighted by Gasteiger charge is -2.36. The third-order valence-electron chi connectivity index (χ3n) is 14.9. The Hall–Kier alpha value is -4.82. The zero-order valence-electron chi connectivity index (χ0n) is 32.9. The van der Waals surface area contributed by atoms with E-state index in [4.69, 9.17) is 0 Å². The van der Waals surface area contributed by atoms with Crippen molar-refractivity contribution in [2.75, 3.05) is 9.80 Å². The number of fused-ring (bicyclic) bond motifs is 5. The molecule has 8 atom stereocenters. The largest absolute Gasteiger partial charge is 0.337 e. The van der Waals surface area contributed by atoms with Gasteiger partial charge in [-0.25, -0.2) is 0 Å². The number of benzene rings is 2. The second-order valence-corrected chi connectivity index (χ2v) is 17.9. The van der Waals surface area contributed by atoms with Crippen molar-refractivity contribution >= 4 is 16.9 Å². The van der Waals surface area contributed by atoms with E-state index in [1.807, 2.05) is 0 Å². The molecule has 2 nitrogen and oxygen atoms in total. The zero-order valence-corrected chi connectivity index (χ0v) is 32.9. The summed E-state index contributed by atoms with van der Waals surface area (Å²) in [7, 11) is 0. The van der Waals surface area contributed by atoms with Crippen LogP contribution in [0.3, 0.4) is 0 Å². The minimum absolute atomic E-state index is 0.381. The van der Waals surface area contributed by atoms with Crippen LogP contribution in [0.25, 0.3) is 5.57 Å². The molecule has 0 bridgehead atoms. The molecule has 9 aliphatic rings. The second-order valence-electron chi connectivity index (χ2n) is 17.9. The van der Waals surface area contributed by atoms with Gasteiger partial charge in [-0.05, 0) is 140 Å². The molecule has 0 amide bonds. The number of nitrogens with zero attached hydrogens (tertiary/aromatic N) is 2. The summed E-state index contributed by atoms with van der Waals surface area (Å²) in [5, 5.41) is 0. The van der Waals surface area contributed by atoms with Gasteiger partial charge in [-0.1, -0.05) is 128 Å². The topological polar surface area (TPSA) is 6.48 Å². The number of anilines is 2. The smallest absolute Gasteiger partial charge is 0.0626 e. The lowest BCUT2D eigenvalue weighted by atomic mass is 9.76. The highest BCUT2D eigenvalue weighted by Gasteiger charge is 2.44. The van der Waals surface area contributed by atoms with E-state index in [1.54, 1.807) is 17.0 Å². The lowest BCUT2D eigenvalue weighted by Crippen LogP contribution is -2.35. The van der Waals surface area contributed by atoms with Crippen LogP contribution in [0.5, 0.6) is 0 Å². The summed E-state index contributed by atoms with van der Waals surface area (Å²) in [6, 6.07) is 18.0. The van der Waals surface area contributed by atoms with Crippen LogP contribution in [-0.2, 0) is 0 Å². The zero-order chi connectivity index (χ0) is 37.0. The minimum atomic E-state index is 0.381. The number of allylic oxidation sites excluding steroid dienone is 18. The van der Waals surface area contributed by atoms with Crippen molar-refractivity contribution in [2.24, 2.45) is 23.7 Å². The molecule has 2 aliphatic heterocycles. The Morgan fingerprint density at radius 3 is 2.38 bits per heavy atom. The van der Waals surface area contributed by atoms with E-state index in [1.165, 1.54) is 84.2 Å². The highest BCUT2D eigenvalue weighted by molar-refractivity contribution is 5.73. The molecule has 2 aromatic carbocycles. The Balaban J connectivity index is 0.847. The van der Waals surface area contributed by atoms with E-state index in [9.17, 15) is 0 Å². The number of hydrogen-bond acceptors (Lipinski definition) is 2. The fourth-order valence-corrected chi connectivity index (χ4v) is 12.0. The fraction of sp³-hybridized carbons (Fsp3) is 0.370. The second kappa shape index (κ2) is 14.6. The molecule has 56 heavy (non-hydrogen) atoms. The van der Waals surface area contributed by atoms with Crippen molar-refractivity contribution in [3.8, 4) is 0 Å². The molecule has 11 rings (SSSR count). The minimum Gasteiger partial charge on any atom is -0.337 e. The molecule has 0 aromatic heterocycles. The molecule has 0 radical (unpaired) electrons. The van der Waals surface area contributed by atoms with Gasteiger partial charge >= 0.3 is 0 Å². The van der Waals surface area contributed by atoms with Gasteiger partial charge in [-0.3, -0.25) is 0 Å². The predicted molar refractivity (Wildman–Crippen MR) is 235 cm³/mol. The number of rotatable bonds is 6.